The number of ether oxygens (including phenoxy) is 1. The zero-order chi connectivity index (χ0) is 31.1. The van der Waals surface area contributed by atoms with Gasteiger partial charge in [0.15, 0.2) is 29.1 Å². The first-order valence-corrected chi connectivity index (χ1v) is 17.6. The number of aliphatic hydroxyl groups is 3. The molecule has 4 aliphatic carbocycles. The van der Waals surface area contributed by atoms with Crippen LogP contribution in [0.4, 0.5) is 5.82 Å². The van der Waals surface area contributed by atoms with Crippen LogP contribution in [0.25, 0.3) is 11.2 Å². The number of halogens is 1. The number of nitrogens with one attached hydrogen (secondary N) is 1. The molecule has 10 atom stereocenters. The van der Waals surface area contributed by atoms with E-state index in [0.29, 0.717) is 18.3 Å². The van der Waals surface area contributed by atoms with Crippen molar-refractivity contribution >= 4 is 49.7 Å². The molecule has 1 saturated heterocycles. The van der Waals surface area contributed by atoms with Crippen molar-refractivity contribution < 1.29 is 53.2 Å². The molecule has 9 N–H and O–H groups in total. The maximum absolute atomic E-state index is 13.5. The average molecular weight is 667 g/mol. The maximum Gasteiger partial charge on any atom is 0.340 e. The number of hydrogen-bond acceptors (Lipinski definition) is 12. The minimum Gasteiger partial charge on any atom is -0.390 e. The van der Waals surface area contributed by atoms with E-state index in [0.717, 1.165) is 32.1 Å². The number of imidazole rings is 1. The van der Waals surface area contributed by atoms with Crippen molar-refractivity contribution in [2.24, 2.45) is 23.0 Å². The van der Waals surface area contributed by atoms with E-state index in [9.17, 15) is 34.1 Å². The second kappa shape index (κ2) is 10.7. The van der Waals surface area contributed by atoms with Gasteiger partial charge in [0.1, 0.15) is 18.3 Å². The summed E-state index contributed by atoms with van der Waals surface area (Å²) in [6, 6.07) is -0.931. The summed E-state index contributed by atoms with van der Waals surface area (Å²) >= 11 is 6.17. The Bertz CT molecular complexity index is 1520. The van der Waals surface area contributed by atoms with Crippen molar-refractivity contribution in [1.29, 1.82) is 0 Å². The summed E-state index contributed by atoms with van der Waals surface area (Å²) in [6.45, 7) is -0.775. The van der Waals surface area contributed by atoms with Crippen LogP contribution in [0.5, 0.6) is 0 Å². The number of carbonyl (C=O) groups excluding carboxylic acids is 1. The molecule has 3 heterocycles. The lowest BCUT2D eigenvalue weighted by atomic mass is 9.46. The zero-order valence-electron chi connectivity index (χ0n) is 22.6. The summed E-state index contributed by atoms with van der Waals surface area (Å²) in [4.78, 5) is 53.6. The molecular formula is C23H33ClN6O11P2. The van der Waals surface area contributed by atoms with Gasteiger partial charge in [-0.1, -0.05) is 0 Å². The molecule has 0 aromatic carbocycles. The van der Waals surface area contributed by atoms with E-state index in [4.69, 9.17) is 36.4 Å². The van der Waals surface area contributed by atoms with Gasteiger partial charge in [-0.05, 0) is 67.4 Å². The number of aromatic nitrogens is 4. The minimum absolute atomic E-state index is 0.0140. The summed E-state index contributed by atoms with van der Waals surface area (Å²) in [6.07, 6.45) is -0.340. The molecule has 1 aliphatic heterocycles. The van der Waals surface area contributed by atoms with E-state index in [1.807, 2.05) is 0 Å². The van der Waals surface area contributed by atoms with E-state index in [2.05, 4.69) is 20.3 Å². The second-order valence-corrected chi connectivity index (χ2v) is 16.8. The highest BCUT2D eigenvalue weighted by molar-refractivity contribution is 7.70. The van der Waals surface area contributed by atoms with Crippen LogP contribution in [-0.2, 0) is 23.2 Å². The largest absolute Gasteiger partial charge is 0.390 e. The SMILES string of the molecule is NC(C(=O)Nc1nc(Cl)nc2c1ncn2[C@@H]1O[C@H](COP(=O)(O)CP(=O)(O)O)[C@H](O)C1O)C12CC3C[C@@H](CC(O)(C3)C1)C2. The first-order valence-electron chi connectivity index (χ1n) is 13.7. The first kappa shape index (κ1) is 31.4. The Labute approximate surface area is 249 Å². The van der Waals surface area contributed by atoms with Crippen LogP contribution in [0.15, 0.2) is 6.33 Å². The molecule has 1 amide bonds. The van der Waals surface area contributed by atoms with Crippen LogP contribution in [0.2, 0.25) is 5.28 Å². The van der Waals surface area contributed by atoms with Gasteiger partial charge in [-0.25, -0.2) is 4.98 Å². The fourth-order valence-electron chi connectivity index (χ4n) is 7.84. The molecule has 238 valence electrons. The molecule has 5 aliphatic rings. The third kappa shape index (κ3) is 6.03. The second-order valence-electron chi connectivity index (χ2n) is 12.5. The standard InChI is InChI=1S/C23H33ClN6O11P2/c24-21-28-17(27-19(33)16(25)22-2-10-1-11(3-22)5-23(34,4-10)7-22)13-18(29-21)30(8-26-13)20-15(32)14(31)12(41-20)6-40-43(38,39)9-42(35,36)37/h8,10-12,14-16,20,31-32,34H,1-7,9,25H2,(H,38,39)(H2,35,36,37)(H,27,28,29,33)/t10-,11?,12-,14+,15?,16?,20-,22?,23?/m1/s1. The number of carbonyl (C=O) groups is 1. The molecule has 2 aromatic heterocycles. The van der Waals surface area contributed by atoms with Gasteiger partial charge in [0.2, 0.25) is 11.2 Å². The molecule has 4 bridgehead atoms. The predicted octanol–water partition coefficient (Wildman–Crippen LogP) is 0.0332. The Balaban J connectivity index is 1.20. The van der Waals surface area contributed by atoms with Gasteiger partial charge in [0, 0.05) is 0 Å². The molecule has 0 spiro atoms. The summed E-state index contributed by atoms with van der Waals surface area (Å²) < 4.78 is 34.7. The van der Waals surface area contributed by atoms with Gasteiger partial charge in [0.05, 0.1) is 24.6 Å². The van der Waals surface area contributed by atoms with Gasteiger partial charge < -0.3 is 50.3 Å². The quantitative estimate of drug-likeness (QED) is 0.130. The first-order chi connectivity index (χ1) is 20.0. The summed E-state index contributed by atoms with van der Waals surface area (Å²) in [5.41, 5.74) is 5.28. The minimum atomic E-state index is -4.88. The summed E-state index contributed by atoms with van der Waals surface area (Å²) in [7, 11) is -9.62. The highest BCUT2D eigenvalue weighted by atomic mass is 35.5. The van der Waals surface area contributed by atoms with Gasteiger partial charge in [0.25, 0.3) is 0 Å². The van der Waals surface area contributed by atoms with Crippen LogP contribution < -0.4 is 11.1 Å². The Morgan fingerprint density at radius 1 is 1.19 bits per heavy atom. The summed E-state index contributed by atoms with van der Waals surface area (Å²) in [5.74, 6) is -1.37. The van der Waals surface area contributed by atoms with E-state index in [1.165, 1.54) is 10.9 Å². The lowest BCUT2D eigenvalue weighted by molar-refractivity contribution is -0.172. The number of anilines is 1. The molecule has 0 radical (unpaired) electrons. The van der Waals surface area contributed by atoms with Crippen molar-refractivity contribution in [3.05, 3.63) is 11.6 Å². The van der Waals surface area contributed by atoms with Crippen molar-refractivity contribution in [2.45, 2.75) is 74.7 Å². The molecule has 6 unspecified atom stereocenters. The van der Waals surface area contributed by atoms with E-state index in [-0.39, 0.29) is 22.3 Å². The van der Waals surface area contributed by atoms with Crippen molar-refractivity contribution in [3.8, 4) is 0 Å². The fraction of sp³-hybridized carbons (Fsp3) is 0.739. The van der Waals surface area contributed by atoms with Gasteiger partial charge in [-0.15, -0.1) is 0 Å². The summed E-state index contributed by atoms with van der Waals surface area (Å²) in [5, 5.41) is 34.7. The number of nitrogens with two attached hydrogens (primary N) is 1. The molecule has 4 saturated carbocycles. The highest BCUT2D eigenvalue weighted by Crippen LogP contribution is 2.62. The molecule has 2 aromatic rings. The maximum atomic E-state index is 13.5. The average Bonchev–Trinajstić information content (AvgIpc) is 3.40. The van der Waals surface area contributed by atoms with E-state index in [1.54, 1.807) is 0 Å². The Morgan fingerprint density at radius 3 is 2.49 bits per heavy atom. The molecule has 17 nitrogen and oxygen atoms in total. The number of aliphatic hydroxyl groups excluding tert-OH is 2. The van der Waals surface area contributed by atoms with Crippen molar-refractivity contribution in [2.75, 3.05) is 17.8 Å². The van der Waals surface area contributed by atoms with Crippen molar-refractivity contribution in [3.63, 3.8) is 0 Å². The van der Waals surface area contributed by atoms with Crippen LogP contribution in [0, 0.1) is 17.3 Å². The Kier molecular flexibility index (Phi) is 7.85. The van der Waals surface area contributed by atoms with Crippen LogP contribution in [-0.4, -0.2) is 97.9 Å². The van der Waals surface area contributed by atoms with E-state index >= 15 is 0 Å². The number of amides is 1. The Hall–Kier alpha value is -1.59. The molecule has 5 fully saturated rings. The number of nitrogens with zero attached hydrogens (tertiary/aromatic N) is 4. The van der Waals surface area contributed by atoms with Crippen LogP contribution in [0.3, 0.4) is 0 Å². The van der Waals surface area contributed by atoms with Gasteiger partial charge in [-0.2, -0.15) is 9.97 Å². The Morgan fingerprint density at radius 2 is 1.86 bits per heavy atom. The third-order valence-electron chi connectivity index (χ3n) is 9.07. The number of fused-ring (bicyclic) bond motifs is 1. The van der Waals surface area contributed by atoms with Gasteiger partial charge >= 0.3 is 15.2 Å². The van der Waals surface area contributed by atoms with Crippen LogP contribution in [0.1, 0.15) is 44.8 Å². The highest BCUT2D eigenvalue weighted by Gasteiger charge is 2.60. The molecule has 20 heteroatoms. The topological polar surface area (TPSA) is 273 Å². The molecular weight excluding hydrogens is 634 g/mol. The fourth-order valence-corrected chi connectivity index (χ4v) is 10.6. The lowest BCUT2D eigenvalue weighted by Gasteiger charge is -2.61. The molecule has 7 rings (SSSR count). The number of rotatable bonds is 9. The predicted molar refractivity (Wildman–Crippen MR) is 148 cm³/mol. The van der Waals surface area contributed by atoms with Crippen molar-refractivity contribution in [1.82, 2.24) is 19.5 Å². The number of hydrogen-bond donors (Lipinski definition) is 8. The third-order valence-corrected chi connectivity index (χ3v) is 12.7. The lowest BCUT2D eigenvalue weighted by Crippen LogP contribution is -2.63. The smallest absolute Gasteiger partial charge is 0.340 e. The van der Waals surface area contributed by atoms with Crippen LogP contribution >= 0.6 is 26.8 Å². The monoisotopic (exact) mass is 666 g/mol. The molecule has 43 heavy (non-hydrogen) atoms. The van der Waals surface area contributed by atoms with E-state index < -0.39 is 75.2 Å². The normalized spacial score (nSPS) is 37.5. The zero-order valence-corrected chi connectivity index (χ0v) is 25.2. The van der Waals surface area contributed by atoms with Gasteiger partial charge in [-0.3, -0.25) is 18.5 Å².